The Morgan fingerprint density at radius 1 is 1.27 bits per heavy atom. The number of rotatable bonds is 8. The number of amides is 4. The van der Waals surface area contributed by atoms with Gasteiger partial charge in [0.15, 0.2) is 0 Å². The summed E-state index contributed by atoms with van der Waals surface area (Å²) in [5, 5.41) is 14.0. The zero-order valence-electron chi connectivity index (χ0n) is 13.1. The number of urea groups is 1. The highest BCUT2D eigenvalue weighted by atomic mass is 16.4. The van der Waals surface area contributed by atoms with Gasteiger partial charge in [0.2, 0.25) is 5.91 Å². The fraction of sp³-hybridized carbons (Fsp3) is 0.714. The van der Waals surface area contributed by atoms with Crippen molar-refractivity contribution in [2.45, 2.75) is 58.0 Å². The number of nitrogens with zero attached hydrogens (tertiary/aromatic N) is 1. The fourth-order valence-electron chi connectivity index (χ4n) is 2.48. The molecule has 8 heteroatoms. The zero-order chi connectivity index (χ0) is 16.9. The quantitative estimate of drug-likeness (QED) is 0.563. The molecule has 22 heavy (non-hydrogen) atoms. The predicted molar refractivity (Wildman–Crippen MR) is 78.0 cm³/mol. The van der Waals surface area contributed by atoms with Gasteiger partial charge in [-0.2, -0.15) is 0 Å². The molecule has 0 aromatic heterocycles. The van der Waals surface area contributed by atoms with E-state index in [1.165, 1.54) is 0 Å². The van der Waals surface area contributed by atoms with Gasteiger partial charge in [-0.3, -0.25) is 14.5 Å². The van der Waals surface area contributed by atoms with Gasteiger partial charge in [-0.1, -0.05) is 27.2 Å². The Hall–Kier alpha value is -2.12. The molecule has 1 aliphatic heterocycles. The van der Waals surface area contributed by atoms with Crippen molar-refractivity contribution < 1.29 is 24.3 Å². The Morgan fingerprint density at radius 3 is 2.27 bits per heavy atom. The highest BCUT2D eigenvalue weighted by Gasteiger charge is 2.49. The summed E-state index contributed by atoms with van der Waals surface area (Å²) in [5.41, 5.74) is -0.965. The Kier molecular flexibility index (Phi) is 5.90. The molecular weight excluding hydrogens is 290 g/mol. The van der Waals surface area contributed by atoms with E-state index in [9.17, 15) is 19.2 Å². The fourth-order valence-corrected chi connectivity index (χ4v) is 2.48. The lowest BCUT2D eigenvalue weighted by Crippen LogP contribution is -2.48. The van der Waals surface area contributed by atoms with Gasteiger partial charge in [-0.05, 0) is 19.3 Å². The van der Waals surface area contributed by atoms with Gasteiger partial charge in [0, 0.05) is 0 Å². The molecule has 1 unspecified atom stereocenters. The number of hydrogen-bond acceptors (Lipinski definition) is 4. The normalized spacial score (nSPS) is 18.0. The molecule has 0 aliphatic carbocycles. The van der Waals surface area contributed by atoms with Gasteiger partial charge in [-0.15, -0.1) is 0 Å². The molecule has 3 N–H and O–H groups in total. The summed E-state index contributed by atoms with van der Waals surface area (Å²) in [4.78, 5) is 48.0. The van der Waals surface area contributed by atoms with Gasteiger partial charge in [0.25, 0.3) is 5.91 Å². The molecule has 1 atom stereocenters. The minimum atomic E-state index is -1.14. The zero-order valence-corrected chi connectivity index (χ0v) is 13.1. The van der Waals surface area contributed by atoms with E-state index < -0.39 is 41.9 Å². The Morgan fingerprint density at radius 2 is 1.86 bits per heavy atom. The van der Waals surface area contributed by atoms with Crippen LogP contribution in [0.1, 0.15) is 46.5 Å². The maximum atomic E-state index is 12.3. The van der Waals surface area contributed by atoms with Gasteiger partial charge in [0.1, 0.15) is 18.1 Å². The van der Waals surface area contributed by atoms with E-state index >= 15 is 0 Å². The SMILES string of the molecule is CCCC(NC(=O)CN1C(=O)NC(CC)(CC)C1=O)C(=O)O. The molecule has 0 radical (unpaired) electrons. The van der Waals surface area contributed by atoms with E-state index in [0.717, 1.165) is 4.90 Å². The number of nitrogens with one attached hydrogen (secondary N) is 2. The van der Waals surface area contributed by atoms with Crippen LogP contribution < -0.4 is 10.6 Å². The van der Waals surface area contributed by atoms with Crippen molar-refractivity contribution in [1.82, 2.24) is 15.5 Å². The third-order valence-electron chi connectivity index (χ3n) is 3.97. The predicted octanol–water partition coefficient (Wildman–Crippen LogP) is 0.467. The van der Waals surface area contributed by atoms with Crippen molar-refractivity contribution in [2.24, 2.45) is 0 Å². The van der Waals surface area contributed by atoms with Crippen molar-refractivity contribution in [3.05, 3.63) is 0 Å². The lowest BCUT2D eigenvalue weighted by Gasteiger charge is -2.23. The van der Waals surface area contributed by atoms with Crippen LogP contribution in [0, 0.1) is 0 Å². The van der Waals surface area contributed by atoms with Crippen LogP contribution in [0.4, 0.5) is 4.79 Å². The first-order valence-electron chi connectivity index (χ1n) is 7.47. The minimum Gasteiger partial charge on any atom is -0.480 e. The monoisotopic (exact) mass is 313 g/mol. The number of carboxylic acid groups (broad SMARTS) is 1. The first-order valence-corrected chi connectivity index (χ1v) is 7.47. The van der Waals surface area contributed by atoms with E-state index in [1.54, 1.807) is 20.8 Å². The summed E-state index contributed by atoms with van der Waals surface area (Å²) in [7, 11) is 0. The molecule has 1 rings (SSSR count). The third kappa shape index (κ3) is 3.55. The van der Waals surface area contributed by atoms with E-state index in [1.807, 2.05) is 0 Å². The van der Waals surface area contributed by atoms with Crippen LogP contribution in [0.5, 0.6) is 0 Å². The van der Waals surface area contributed by atoms with Crippen molar-refractivity contribution in [2.75, 3.05) is 6.54 Å². The number of carbonyl (C=O) groups excluding carboxylic acids is 3. The Balaban J connectivity index is 2.74. The molecule has 8 nitrogen and oxygen atoms in total. The van der Waals surface area contributed by atoms with Crippen molar-refractivity contribution >= 4 is 23.8 Å². The summed E-state index contributed by atoms with van der Waals surface area (Å²) < 4.78 is 0. The van der Waals surface area contributed by atoms with Crippen molar-refractivity contribution in [3.63, 3.8) is 0 Å². The molecule has 124 valence electrons. The average Bonchev–Trinajstić information content (AvgIpc) is 2.71. The highest BCUT2D eigenvalue weighted by molar-refractivity contribution is 6.09. The van der Waals surface area contributed by atoms with Crippen LogP contribution in [-0.2, 0) is 14.4 Å². The van der Waals surface area contributed by atoms with Crippen LogP contribution in [-0.4, -0.2) is 51.9 Å². The molecule has 4 amide bonds. The van der Waals surface area contributed by atoms with Crippen LogP contribution in [0.3, 0.4) is 0 Å². The first-order chi connectivity index (χ1) is 10.3. The van der Waals surface area contributed by atoms with Gasteiger partial charge in [-0.25, -0.2) is 9.59 Å². The van der Waals surface area contributed by atoms with Crippen LogP contribution >= 0.6 is 0 Å². The molecule has 0 aromatic rings. The minimum absolute atomic E-state index is 0.287. The summed E-state index contributed by atoms with van der Waals surface area (Å²) in [6.45, 7) is 4.90. The lowest BCUT2D eigenvalue weighted by molar-refractivity contribution is -0.142. The van der Waals surface area contributed by atoms with Crippen LogP contribution in [0.2, 0.25) is 0 Å². The van der Waals surface area contributed by atoms with Crippen LogP contribution in [0.15, 0.2) is 0 Å². The topological polar surface area (TPSA) is 116 Å². The molecule has 1 saturated heterocycles. The van der Waals surface area contributed by atoms with E-state index in [2.05, 4.69) is 10.6 Å². The first kappa shape index (κ1) is 17.9. The number of hydrogen-bond donors (Lipinski definition) is 3. The second-order valence-corrected chi connectivity index (χ2v) is 5.36. The highest BCUT2D eigenvalue weighted by Crippen LogP contribution is 2.24. The summed E-state index contributed by atoms with van der Waals surface area (Å²) in [6.07, 6.45) is 1.74. The number of aliphatic carboxylic acids is 1. The van der Waals surface area contributed by atoms with Crippen LogP contribution in [0.25, 0.3) is 0 Å². The van der Waals surface area contributed by atoms with Crippen molar-refractivity contribution in [3.8, 4) is 0 Å². The smallest absolute Gasteiger partial charge is 0.326 e. The second-order valence-electron chi connectivity index (χ2n) is 5.36. The number of carboxylic acids is 1. The van der Waals surface area contributed by atoms with Gasteiger partial charge < -0.3 is 15.7 Å². The third-order valence-corrected chi connectivity index (χ3v) is 3.97. The molecule has 1 heterocycles. The lowest BCUT2D eigenvalue weighted by atomic mass is 9.93. The molecular formula is C14H23N3O5. The molecule has 0 bridgehead atoms. The van der Waals surface area contributed by atoms with E-state index in [0.29, 0.717) is 19.3 Å². The maximum Gasteiger partial charge on any atom is 0.326 e. The Bertz CT molecular complexity index is 473. The molecule has 1 aliphatic rings. The summed E-state index contributed by atoms with van der Waals surface area (Å²) >= 11 is 0. The number of imide groups is 1. The summed E-state index contributed by atoms with van der Waals surface area (Å²) in [5.74, 6) is -2.24. The maximum absolute atomic E-state index is 12.3. The van der Waals surface area contributed by atoms with Gasteiger partial charge >= 0.3 is 12.0 Å². The summed E-state index contributed by atoms with van der Waals surface area (Å²) in [6, 6.07) is -1.63. The molecule has 1 fully saturated rings. The molecule has 0 saturated carbocycles. The second kappa shape index (κ2) is 7.24. The molecule has 0 aromatic carbocycles. The Labute approximate surface area is 129 Å². The van der Waals surface area contributed by atoms with Gasteiger partial charge in [0.05, 0.1) is 0 Å². The van der Waals surface area contributed by atoms with Crippen molar-refractivity contribution in [1.29, 1.82) is 0 Å². The number of carbonyl (C=O) groups is 4. The largest absolute Gasteiger partial charge is 0.480 e. The average molecular weight is 313 g/mol. The molecule has 0 spiro atoms. The standard InChI is InChI=1S/C14H23N3O5/c1-4-7-9(11(19)20)15-10(18)8-17-12(21)14(5-2,6-3)16-13(17)22/h9H,4-8H2,1-3H3,(H,15,18)(H,16,22)(H,19,20). The van der Waals surface area contributed by atoms with E-state index in [-0.39, 0.29) is 6.42 Å². The van der Waals surface area contributed by atoms with E-state index in [4.69, 9.17) is 5.11 Å².